The minimum absolute atomic E-state index is 0.165. The van der Waals surface area contributed by atoms with Gasteiger partial charge in [0.2, 0.25) is 0 Å². The van der Waals surface area contributed by atoms with E-state index in [1.807, 2.05) is 0 Å². The highest BCUT2D eigenvalue weighted by molar-refractivity contribution is 5.91. The van der Waals surface area contributed by atoms with Crippen molar-refractivity contribution in [1.29, 1.82) is 0 Å². The molecule has 2 N–H and O–H groups in total. The van der Waals surface area contributed by atoms with Crippen LogP contribution in [0, 0.1) is 6.92 Å². The van der Waals surface area contributed by atoms with Crippen LogP contribution >= 0.6 is 0 Å². The van der Waals surface area contributed by atoms with Crippen LogP contribution in [0.4, 0.5) is 0 Å². The van der Waals surface area contributed by atoms with Crippen molar-refractivity contribution in [3.63, 3.8) is 0 Å². The molecule has 0 aliphatic heterocycles. The molecule has 2 heterocycles. The summed E-state index contributed by atoms with van der Waals surface area (Å²) in [6.07, 6.45) is 4.25. The lowest BCUT2D eigenvalue weighted by atomic mass is 10.3. The SMILES string of the molecule is Cc1nc(-c2cnco2)cnc1C(N)=O. The maximum absolute atomic E-state index is 10.9. The molecule has 0 spiro atoms. The van der Waals surface area contributed by atoms with Gasteiger partial charge >= 0.3 is 0 Å². The second-order valence-corrected chi connectivity index (χ2v) is 2.92. The second-order valence-electron chi connectivity index (χ2n) is 2.92. The summed E-state index contributed by atoms with van der Waals surface area (Å²) in [4.78, 5) is 22.7. The molecule has 0 aliphatic carbocycles. The monoisotopic (exact) mass is 204 g/mol. The molecule has 1 amide bonds. The topological polar surface area (TPSA) is 94.9 Å². The number of aromatic nitrogens is 3. The molecule has 0 fully saturated rings. The molecule has 0 bridgehead atoms. The van der Waals surface area contributed by atoms with Crippen LogP contribution in [0.3, 0.4) is 0 Å². The third kappa shape index (κ3) is 1.69. The predicted octanol–water partition coefficient (Wildman–Crippen LogP) is 0.539. The van der Waals surface area contributed by atoms with Crippen molar-refractivity contribution in [3.8, 4) is 11.5 Å². The van der Waals surface area contributed by atoms with Crippen LogP contribution in [0.15, 0.2) is 23.2 Å². The molecule has 6 heteroatoms. The number of aryl methyl sites for hydroxylation is 1. The fraction of sp³-hybridized carbons (Fsp3) is 0.111. The molecule has 0 radical (unpaired) electrons. The van der Waals surface area contributed by atoms with Crippen LogP contribution in [0.2, 0.25) is 0 Å². The predicted molar refractivity (Wildman–Crippen MR) is 50.8 cm³/mol. The van der Waals surface area contributed by atoms with E-state index >= 15 is 0 Å². The van der Waals surface area contributed by atoms with E-state index < -0.39 is 5.91 Å². The zero-order chi connectivity index (χ0) is 10.8. The van der Waals surface area contributed by atoms with Gasteiger partial charge < -0.3 is 10.2 Å². The van der Waals surface area contributed by atoms with Gasteiger partial charge in [-0.2, -0.15) is 0 Å². The van der Waals surface area contributed by atoms with Gasteiger partial charge in [0.25, 0.3) is 5.91 Å². The molecule has 0 atom stereocenters. The van der Waals surface area contributed by atoms with E-state index in [0.29, 0.717) is 17.1 Å². The van der Waals surface area contributed by atoms with Gasteiger partial charge in [-0.1, -0.05) is 0 Å². The van der Waals surface area contributed by atoms with E-state index in [9.17, 15) is 4.79 Å². The summed E-state index contributed by atoms with van der Waals surface area (Å²) in [5.74, 6) is -0.0919. The average Bonchev–Trinajstić information content (AvgIpc) is 2.69. The maximum Gasteiger partial charge on any atom is 0.269 e. The Morgan fingerprint density at radius 2 is 2.27 bits per heavy atom. The molecule has 0 unspecified atom stereocenters. The van der Waals surface area contributed by atoms with Crippen molar-refractivity contribution in [3.05, 3.63) is 30.2 Å². The summed E-state index contributed by atoms with van der Waals surface area (Å²) >= 11 is 0. The second kappa shape index (κ2) is 3.49. The average molecular weight is 204 g/mol. The first kappa shape index (κ1) is 9.32. The van der Waals surface area contributed by atoms with Gasteiger partial charge in [0.1, 0.15) is 11.4 Å². The number of amides is 1. The normalized spacial score (nSPS) is 10.2. The van der Waals surface area contributed by atoms with E-state index in [4.69, 9.17) is 10.2 Å². The Bertz CT molecular complexity index is 493. The molecule has 2 aromatic heterocycles. The van der Waals surface area contributed by atoms with Gasteiger partial charge in [0.05, 0.1) is 18.1 Å². The van der Waals surface area contributed by atoms with Gasteiger partial charge in [0, 0.05) is 0 Å². The number of carbonyl (C=O) groups is 1. The summed E-state index contributed by atoms with van der Waals surface area (Å²) in [5.41, 5.74) is 6.26. The Labute approximate surface area is 85.2 Å². The summed E-state index contributed by atoms with van der Waals surface area (Å²) in [7, 11) is 0. The number of carbonyl (C=O) groups excluding carboxylic acids is 1. The molecule has 15 heavy (non-hydrogen) atoms. The highest BCUT2D eigenvalue weighted by Crippen LogP contribution is 2.15. The van der Waals surface area contributed by atoms with Crippen LogP contribution in [-0.2, 0) is 0 Å². The fourth-order valence-corrected chi connectivity index (χ4v) is 1.18. The van der Waals surface area contributed by atoms with Crippen molar-refractivity contribution in [2.24, 2.45) is 5.73 Å². The minimum Gasteiger partial charge on any atom is -0.442 e. The van der Waals surface area contributed by atoms with Crippen molar-refractivity contribution >= 4 is 5.91 Å². The Kier molecular flexibility index (Phi) is 2.17. The van der Waals surface area contributed by atoms with Crippen molar-refractivity contribution in [2.75, 3.05) is 0 Å². The third-order valence-corrected chi connectivity index (χ3v) is 1.86. The van der Waals surface area contributed by atoms with Crippen molar-refractivity contribution in [1.82, 2.24) is 15.0 Å². The molecule has 2 aromatic rings. The number of nitrogens with zero attached hydrogens (tertiary/aromatic N) is 3. The minimum atomic E-state index is -0.593. The van der Waals surface area contributed by atoms with Crippen LogP contribution in [0.5, 0.6) is 0 Å². The third-order valence-electron chi connectivity index (χ3n) is 1.86. The zero-order valence-corrected chi connectivity index (χ0v) is 7.97. The summed E-state index contributed by atoms with van der Waals surface area (Å²) in [6, 6.07) is 0. The van der Waals surface area contributed by atoms with Gasteiger partial charge in [-0.05, 0) is 6.92 Å². The highest BCUT2D eigenvalue weighted by atomic mass is 16.3. The Balaban J connectivity index is 2.47. The summed E-state index contributed by atoms with van der Waals surface area (Å²) in [6.45, 7) is 1.66. The Morgan fingerprint density at radius 3 is 2.80 bits per heavy atom. The first-order chi connectivity index (χ1) is 7.18. The van der Waals surface area contributed by atoms with E-state index in [2.05, 4.69) is 15.0 Å². The lowest BCUT2D eigenvalue weighted by molar-refractivity contribution is 0.0994. The molecule has 0 aromatic carbocycles. The number of rotatable bonds is 2. The number of hydrogen-bond donors (Lipinski definition) is 1. The van der Waals surface area contributed by atoms with E-state index in [1.54, 1.807) is 6.92 Å². The zero-order valence-electron chi connectivity index (χ0n) is 7.97. The smallest absolute Gasteiger partial charge is 0.269 e. The summed E-state index contributed by atoms with van der Waals surface area (Å²) in [5, 5.41) is 0. The standard InChI is InChI=1S/C9H8N4O2/c1-5-8(9(10)14)12-2-6(13-5)7-3-11-4-15-7/h2-4H,1H3,(H2,10,14). The molecule has 0 saturated carbocycles. The number of primary amides is 1. The van der Waals surface area contributed by atoms with Crippen molar-refractivity contribution in [2.45, 2.75) is 6.92 Å². The molecule has 2 rings (SSSR count). The van der Waals surface area contributed by atoms with Gasteiger partial charge in [-0.3, -0.25) is 4.79 Å². The van der Waals surface area contributed by atoms with Crippen LogP contribution in [0.25, 0.3) is 11.5 Å². The molecule has 0 saturated heterocycles. The first-order valence-corrected chi connectivity index (χ1v) is 4.21. The quantitative estimate of drug-likeness (QED) is 0.770. The van der Waals surface area contributed by atoms with Gasteiger partial charge in [-0.25, -0.2) is 15.0 Å². The van der Waals surface area contributed by atoms with Crippen LogP contribution in [0.1, 0.15) is 16.2 Å². The van der Waals surface area contributed by atoms with Crippen molar-refractivity contribution < 1.29 is 9.21 Å². The maximum atomic E-state index is 10.9. The Morgan fingerprint density at radius 1 is 1.47 bits per heavy atom. The van der Waals surface area contributed by atoms with E-state index in [0.717, 1.165) is 0 Å². The molecule has 0 aliphatic rings. The summed E-state index contributed by atoms with van der Waals surface area (Å²) < 4.78 is 5.05. The molecule has 6 nitrogen and oxygen atoms in total. The molecule has 76 valence electrons. The molecular weight excluding hydrogens is 196 g/mol. The van der Waals surface area contributed by atoms with E-state index in [-0.39, 0.29) is 5.69 Å². The lowest BCUT2D eigenvalue weighted by Gasteiger charge is -2.01. The fourth-order valence-electron chi connectivity index (χ4n) is 1.18. The molecular formula is C9H8N4O2. The van der Waals surface area contributed by atoms with E-state index in [1.165, 1.54) is 18.8 Å². The number of hydrogen-bond acceptors (Lipinski definition) is 5. The first-order valence-electron chi connectivity index (χ1n) is 4.21. The lowest BCUT2D eigenvalue weighted by Crippen LogP contribution is -2.15. The highest BCUT2D eigenvalue weighted by Gasteiger charge is 2.11. The van der Waals surface area contributed by atoms with Crippen LogP contribution in [-0.4, -0.2) is 20.9 Å². The largest absolute Gasteiger partial charge is 0.442 e. The van der Waals surface area contributed by atoms with Gasteiger partial charge in [-0.15, -0.1) is 0 Å². The van der Waals surface area contributed by atoms with Gasteiger partial charge in [0.15, 0.2) is 12.2 Å². The number of nitrogens with two attached hydrogens (primary N) is 1. The van der Waals surface area contributed by atoms with Crippen LogP contribution < -0.4 is 5.73 Å². The number of oxazole rings is 1. The Hall–Kier alpha value is -2.24.